The fraction of sp³-hybridized carbons (Fsp3) is 0.263. The lowest BCUT2D eigenvalue weighted by atomic mass is 10.0. The van der Waals surface area contributed by atoms with Gasteiger partial charge in [-0.3, -0.25) is 4.79 Å². The summed E-state index contributed by atoms with van der Waals surface area (Å²) >= 11 is 12.1. The number of carbonyl (C=O) groups excluding carboxylic acids is 1. The van der Waals surface area contributed by atoms with Crippen molar-refractivity contribution >= 4 is 40.1 Å². The Morgan fingerprint density at radius 1 is 1.19 bits per heavy atom. The first-order chi connectivity index (χ1) is 12.9. The van der Waals surface area contributed by atoms with Gasteiger partial charge in [-0.05, 0) is 48.7 Å². The van der Waals surface area contributed by atoms with Crippen LogP contribution in [-0.2, 0) is 0 Å². The first-order valence-electron chi connectivity index (χ1n) is 8.48. The van der Waals surface area contributed by atoms with Crippen LogP contribution in [-0.4, -0.2) is 27.3 Å². The molecule has 140 valence electrons. The Labute approximate surface area is 164 Å². The highest BCUT2D eigenvalue weighted by Gasteiger charge is 2.31. The molecule has 0 saturated carbocycles. The van der Waals surface area contributed by atoms with Crippen LogP contribution < -0.4 is 0 Å². The first-order valence-corrected chi connectivity index (χ1v) is 9.23. The van der Waals surface area contributed by atoms with Crippen molar-refractivity contribution in [2.75, 3.05) is 6.54 Å². The zero-order valence-electron chi connectivity index (χ0n) is 14.1. The van der Waals surface area contributed by atoms with Gasteiger partial charge in [0.1, 0.15) is 0 Å². The van der Waals surface area contributed by atoms with E-state index in [1.54, 1.807) is 35.2 Å². The second kappa shape index (κ2) is 7.09. The van der Waals surface area contributed by atoms with E-state index in [4.69, 9.17) is 23.2 Å². The molecule has 0 bridgehead atoms. The molecular formula is C19H15Cl2F2N3O. The monoisotopic (exact) mass is 409 g/mol. The maximum Gasteiger partial charge on any atom is 0.295 e. The van der Waals surface area contributed by atoms with E-state index in [9.17, 15) is 13.6 Å². The number of H-pyrrole nitrogens is 1. The highest BCUT2D eigenvalue weighted by molar-refractivity contribution is 6.42. The van der Waals surface area contributed by atoms with E-state index >= 15 is 0 Å². The number of nitrogens with one attached hydrogen (secondary N) is 1. The van der Waals surface area contributed by atoms with Crippen molar-refractivity contribution in [1.82, 2.24) is 14.9 Å². The lowest BCUT2D eigenvalue weighted by Gasteiger charge is -2.25. The SMILES string of the molecule is O=C(c1ccc2nc(C(F)F)[nH]c2c1)N1CCCC1c1ccc(Cl)c(Cl)c1. The normalized spacial score (nSPS) is 17.2. The molecule has 0 spiro atoms. The van der Waals surface area contributed by atoms with Gasteiger partial charge in [-0.25, -0.2) is 13.8 Å². The van der Waals surface area contributed by atoms with Crippen LogP contribution in [0.1, 0.15) is 47.1 Å². The molecule has 1 saturated heterocycles. The summed E-state index contributed by atoms with van der Waals surface area (Å²) in [6.45, 7) is 0.618. The van der Waals surface area contributed by atoms with Crippen molar-refractivity contribution in [3.8, 4) is 0 Å². The van der Waals surface area contributed by atoms with Crippen molar-refractivity contribution in [2.45, 2.75) is 25.3 Å². The molecule has 1 unspecified atom stereocenters. The number of hydrogen-bond acceptors (Lipinski definition) is 2. The first kappa shape index (κ1) is 18.2. The molecule has 27 heavy (non-hydrogen) atoms. The quantitative estimate of drug-likeness (QED) is 0.595. The second-order valence-corrected chi connectivity index (χ2v) is 7.30. The summed E-state index contributed by atoms with van der Waals surface area (Å²) < 4.78 is 25.6. The van der Waals surface area contributed by atoms with Gasteiger partial charge in [-0.1, -0.05) is 29.3 Å². The van der Waals surface area contributed by atoms with Crippen LogP contribution in [0.25, 0.3) is 11.0 Å². The maximum absolute atomic E-state index is 13.1. The molecule has 3 aromatic rings. The Hall–Kier alpha value is -2.18. The minimum atomic E-state index is -2.69. The summed E-state index contributed by atoms with van der Waals surface area (Å²) in [5.41, 5.74) is 2.18. The third-order valence-corrected chi connectivity index (χ3v) is 5.53. The molecule has 0 aliphatic carbocycles. The number of halogens is 4. The van der Waals surface area contributed by atoms with Gasteiger partial charge >= 0.3 is 0 Å². The van der Waals surface area contributed by atoms with Gasteiger partial charge in [0, 0.05) is 12.1 Å². The number of likely N-dealkylation sites (tertiary alicyclic amines) is 1. The lowest BCUT2D eigenvalue weighted by molar-refractivity contribution is 0.0736. The molecule has 2 heterocycles. The van der Waals surface area contributed by atoms with E-state index in [2.05, 4.69) is 9.97 Å². The number of benzene rings is 2. The fourth-order valence-electron chi connectivity index (χ4n) is 3.51. The van der Waals surface area contributed by atoms with Gasteiger partial charge in [-0.15, -0.1) is 0 Å². The molecule has 1 aliphatic heterocycles. The third-order valence-electron chi connectivity index (χ3n) is 4.80. The second-order valence-electron chi connectivity index (χ2n) is 6.48. The minimum Gasteiger partial charge on any atom is -0.337 e. The number of amides is 1. The molecular weight excluding hydrogens is 395 g/mol. The number of carbonyl (C=O) groups is 1. The van der Waals surface area contributed by atoms with Gasteiger partial charge < -0.3 is 9.88 Å². The zero-order valence-corrected chi connectivity index (χ0v) is 15.6. The van der Waals surface area contributed by atoms with Crippen LogP contribution in [0.3, 0.4) is 0 Å². The highest BCUT2D eigenvalue weighted by atomic mass is 35.5. The van der Waals surface area contributed by atoms with Crippen LogP contribution in [0.4, 0.5) is 8.78 Å². The van der Waals surface area contributed by atoms with E-state index < -0.39 is 12.2 Å². The molecule has 0 radical (unpaired) electrons. The molecule has 1 N–H and O–H groups in total. The van der Waals surface area contributed by atoms with Crippen molar-refractivity contribution in [3.05, 3.63) is 63.4 Å². The summed E-state index contributed by atoms with van der Waals surface area (Å²) in [5.74, 6) is -0.553. The number of hydrogen-bond donors (Lipinski definition) is 1. The van der Waals surface area contributed by atoms with Crippen molar-refractivity contribution in [2.24, 2.45) is 0 Å². The summed E-state index contributed by atoms with van der Waals surface area (Å²) in [6, 6.07) is 10.1. The molecule has 1 amide bonds. The average molecular weight is 410 g/mol. The van der Waals surface area contributed by atoms with E-state index in [1.165, 1.54) is 0 Å². The molecule has 1 fully saturated rings. The van der Waals surface area contributed by atoms with Gasteiger partial charge in [0.05, 0.1) is 27.1 Å². The third kappa shape index (κ3) is 3.39. The topological polar surface area (TPSA) is 49.0 Å². The Kier molecular flexibility index (Phi) is 4.78. The van der Waals surface area contributed by atoms with E-state index in [-0.39, 0.29) is 11.9 Å². The maximum atomic E-state index is 13.1. The Balaban J connectivity index is 1.64. The van der Waals surface area contributed by atoms with Crippen LogP contribution in [0.2, 0.25) is 10.0 Å². The predicted octanol–water partition coefficient (Wildman–Crippen LogP) is 5.78. The number of imidazole rings is 1. The smallest absolute Gasteiger partial charge is 0.295 e. The predicted molar refractivity (Wildman–Crippen MR) is 101 cm³/mol. The number of fused-ring (bicyclic) bond motifs is 1. The number of nitrogens with zero attached hydrogens (tertiary/aromatic N) is 2. The molecule has 1 aromatic heterocycles. The molecule has 1 aliphatic rings. The summed E-state index contributed by atoms with van der Waals surface area (Å²) in [7, 11) is 0. The Morgan fingerprint density at radius 2 is 2.00 bits per heavy atom. The molecule has 2 aromatic carbocycles. The van der Waals surface area contributed by atoms with Crippen molar-refractivity contribution < 1.29 is 13.6 Å². The summed E-state index contributed by atoms with van der Waals surface area (Å²) in [4.78, 5) is 21.2. The van der Waals surface area contributed by atoms with Gasteiger partial charge in [0.15, 0.2) is 5.82 Å². The van der Waals surface area contributed by atoms with Crippen molar-refractivity contribution in [1.29, 1.82) is 0 Å². The number of alkyl halides is 2. The number of rotatable bonds is 3. The Morgan fingerprint density at radius 3 is 2.74 bits per heavy atom. The molecule has 4 nitrogen and oxygen atoms in total. The molecule has 1 atom stereocenters. The van der Waals surface area contributed by atoms with Crippen molar-refractivity contribution in [3.63, 3.8) is 0 Å². The van der Waals surface area contributed by atoms with E-state index in [1.807, 2.05) is 6.07 Å². The average Bonchev–Trinajstić information content (AvgIpc) is 3.29. The van der Waals surface area contributed by atoms with Crippen LogP contribution >= 0.6 is 23.2 Å². The largest absolute Gasteiger partial charge is 0.337 e. The minimum absolute atomic E-state index is 0.0960. The van der Waals surface area contributed by atoms with Crippen LogP contribution in [0.15, 0.2) is 36.4 Å². The fourth-order valence-corrected chi connectivity index (χ4v) is 3.81. The molecule has 8 heteroatoms. The van der Waals surface area contributed by atoms with Gasteiger partial charge in [0.2, 0.25) is 0 Å². The van der Waals surface area contributed by atoms with Crippen LogP contribution in [0, 0.1) is 0 Å². The summed E-state index contributed by atoms with van der Waals surface area (Å²) in [6.07, 6.45) is -0.988. The zero-order chi connectivity index (χ0) is 19.1. The summed E-state index contributed by atoms with van der Waals surface area (Å²) in [5, 5.41) is 0.919. The standard InChI is InChI=1S/C19H15Cl2F2N3O/c20-12-5-3-10(8-13(12)21)16-2-1-7-26(16)19(27)11-4-6-14-15(9-11)25-18(24-14)17(22)23/h3-6,8-9,16-17H,1-2,7H2,(H,24,25). The van der Waals surface area contributed by atoms with E-state index in [0.29, 0.717) is 33.2 Å². The van der Waals surface area contributed by atoms with Gasteiger partial charge in [-0.2, -0.15) is 0 Å². The van der Waals surface area contributed by atoms with Crippen LogP contribution in [0.5, 0.6) is 0 Å². The molecule has 4 rings (SSSR count). The van der Waals surface area contributed by atoms with Gasteiger partial charge in [0.25, 0.3) is 12.3 Å². The van der Waals surface area contributed by atoms with E-state index in [0.717, 1.165) is 18.4 Å². The highest BCUT2D eigenvalue weighted by Crippen LogP contribution is 2.36. The lowest BCUT2D eigenvalue weighted by Crippen LogP contribution is -2.30. The number of aromatic amines is 1. The Bertz CT molecular complexity index is 1020. The number of aromatic nitrogens is 2.